The van der Waals surface area contributed by atoms with E-state index in [0.717, 1.165) is 0 Å². The summed E-state index contributed by atoms with van der Waals surface area (Å²) in [5, 5.41) is 0. The molecule has 1 saturated heterocycles. The maximum Gasteiger partial charge on any atom is 0.384 e. The number of hydrogen-bond donors (Lipinski definition) is 0. The molecule has 0 spiro atoms. The molecule has 0 N–H and O–H groups in total. The lowest BCUT2D eigenvalue weighted by Gasteiger charge is -2.29. The first-order chi connectivity index (χ1) is 4.41. The molecule has 0 aromatic heterocycles. The Balaban J connectivity index is 2.56. The summed E-state index contributed by atoms with van der Waals surface area (Å²) in [4.78, 5) is 0. The van der Waals surface area contributed by atoms with Crippen molar-refractivity contribution in [3.05, 3.63) is 0 Å². The molecule has 1 rings (SSSR count). The lowest BCUT2D eigenvalue weighted by atomic mass is 10.3. The summed E-state index contributed by atoms with van der Waals surface area (Å²) >= 11 is 0. The van der Waals surface area contributed by atoms with Gasteiger partial charge in [0, 0.05) is 6.42 Å². The molecule has 0 bridgehead atoms. The second-order valence-electron chi connectivity index (χ2n) is 2.69. The third kappa shape index (κ3) is 1.98. The zero-order chi connectivity index (χ0) is 7.83. The van der Waals surface area contributed by atoms with Crippen molar-refractivity contribution in [1.82, 2.24) is 0 Å². The zero-order valence-corrected chi connectivity index (χ0v) is 6.66. The van der Waals surface area contributed by atoms with E-state index < -0.39 is 14.8 Å². The summed E-state index contributed by atoms with van der Waals surface area (Å²) in [5.74, 6) is 0. The molecule has 1 atom stereocenters. The normalized spacial score (nSPS) is 39.6. The predicted octanol–water partition coefficient (Wildman–Crippen LogP) is 2.43. The van der Waals surface area contributed by atoms with Gasteiger partial charge in [0.15, 0.2) is 0 Å². The van der Waals surface area contributed by atoms with Crippen LogP contribution in [0.15, 0.2) is 0 Å². The van der Waals surface area contributed by atoms with Gasteiger partial charge in [-0.3, -0.25) is 4.11 Å². The van der Waals surface area contributed by atoms with Crippen molar-refractivity contribution in [2.24, 2.45) is 0 Å². The minimum atomic E-state index is -3.48. The molecular weight excluding hydrogens is 161 g/mol. The average Bonchev–Trinajstić information content (AvgIpc) is 1.56. The van der Waals surface area contributed by atoms with Crippen molar-refractivity contribution in [3.8, 4) is 0 Å². The van der Waals surface area contributed by atoms with Gasteiger partial charge in [-0.15, -0.1) is 0 Å². The first kappa shape index (κ1) is 8.07. The Kier molecular flexibility index (Phi) is 1.80. The predicted molar refractivity (Wildman–Crippen MR) is 32.8 cm³/mol. The second kappa shape index (κ2) is 2.23. The highest BCUT2D eigenvalue weighted by atomic mass is 28.4. The molecule has 5 heteroatoms. The molecular formula is C5H9F3OSi. The quantitative estimate of drug-likeness (QED) is 0.401. The highest BCUT2D eigenvalue weighted by Gasteiger charge is 2.46. The van der Waals surface area contributed by atoms with Crippen LogP contribution < -0.4 is 0 Å². The molecule has 0 saturated carbocycles. The maximum atomic E-state index is 12.8. The van der Waals surface area contributed by atoms with Crippen LogP contribution in [-0.4, -0.2) is 14.8 Å². The SMILES string of the molecule is C[Si]1(F)CCCC(F)(F)O1. The lowest BCUT2D eigenvalue weighted by Crippen LogP contribution is -2.42. The molecule has 1 heterocycles. The van der Waals surface area contributed by atoms with E-state index in [2.05, 4.69) is 4.43 Å². The minimum absolute atomic E-state index is 0.197. The highest BCUT2D eigenvalue weighted by Crippen LogP contribution is 2.35. The summed E-state index contributed by atoms with van der Waals surface area (Å²) in [6.07, 6.45) is -3.29. The number of halogens is 3. The molecule has 1 nitrogen and oxygen atoms in total. The van der Waals surface area contributed by atoms with Crippen LogP contribution in [0.1, 0.15) is 12.8 Å². The molecule has 1 aliphatic heterocycles. The van der Waals surface area contributed by atoms with Crippen LogP contribution in [0.4, 0.5) is 12.9 Å². The summed E-state index contributed by atoms with van der Waals surface area (Å²) in [7, 11) is -3.48. The van der Waals surface area contributed by atoms with Gasteiger partial charge in [0.1, 0.15) is 0 Å². The fourth-order valence-corrected chi connectivity index (χ4v) is 2.66. The van der Waals surface area contributed by atoms with E-state index >= 15 is 0 Å². The van der Waals surface area contributed by atoms with Gasteiger partial charge in [0.2, 0.25) is 0 Å². The first-order valence-electron chi connectivity index (χ1n) is 3.18. The Hall–Kier alpha value is -0.0331. The third-order valence-electron chi connectivity index (χ3n) is 1.45. The molecule has 10 heavy (non-hydrogen) atoms. The summed E-state index contributed by atoms with van der Waals surface area (Å²) in [6.45, 7) is 1.17. The van der Waals surface area contributed by atoms with Crippen LogP contribution in [0.3, 0.4) is 0 Å². The topological polar surface area (TPSA) is 9.23 Å². The number of alkyl halides is 2. The fourth-order valence-electron chi connectivity index (χ4n) is 1.02. The Morgan fingerprint density at radius 3 is 2.40 bits per heavy atom. The van der Waals surface area contributed by atoms with Gasteiger partial charge in [-0.1, -0.05) is 0 Å². The summed E-state index contributed by atoms with van der Waals surface area (Å²) < 4.78 is 41.3. The first-order valence-corrected chi connectivity index (χ1v) is 5.68. The van der Waals surface area contributed by atoms with Crippen LogP contribution >= 0.6 is 0 Å². The smallest absolute Gasteiger partial charge is 0.332 e. The van der Waals surface area contributed by atoms with Crippen molar-refractivity contribution in [2.75, 3.05) is 0 Å². The average molecular weight is 170 g/mol. The molecule has 1 unspecified atom stereocenters. The van der Waals surface area contributed by atoms with Gasteiger partial charge >= 0.3 is 14.8 Å². The Morgan fingerprint density at radius 1 is 1.50 bits per heavy atom. The van der Waals surface area contributed by atoms with E-state index in [0.29, 0.717) is 0 Å². The monoisotopic (exact) mass is 170 g/mol. The molecule has 1 fully saturated rings. The number of hydrogen-bond acceptors (Lipinski definition) is 1. The molecule has 0 aliphatic carbocycles. The minimum Gasteiger partial charge on any atom is -0.332 e. The van der Waals surface area contributed by atoms with Crippen molar-refractivity contribution in [1.29, 1.82) is 0 Å². The van der Waals surface area contributed by atoms with Crippen molar-refractivity contribution in [3.63, 3.8) is 0 Å². The zero-order valence-electron chi connectivity index (χ0n) is 5.66. The van der Waals surface area contributed by atoms with Gasteiger partial charge in [-0.2, -0.15) is 8.78 Å². The van der Waals surface area contributed by atoms with Crippen LogP contribution in [-0.2, 0) is 4.43 Å². The fraction of sp³-hybridized carbons (Fsp3) is 1.00. The van der Waals surface area contributed by atoms with Crippen LogP contribution in [0, 0.1) is 0 Å². The Morgan fingerprint density at radius 2 is 2.10 bits per heavy atom. The van der Waals surface area contributed by atoms with Crippen molar-refractivity contribution >= 4 is 8.65 Å². The van der Waals surface area contributed by atoms with E-state index in [1.165, 1.54) is 6.55 Å². The van der Waals surface area contributed by atoms with E-state index in [4.69, 9.17) is 0 Å². The summed E-state index contributed by atoms with van der Waals surface area (Å²) in [5.41, 5.74) is 0. The highest BCUT2D eigenvalue weighted by molar-refractivity contribution is 6.65. The lowest BCUT2D eigenvalue weighted by molar-refractivity contribution is -0.201. The van der Waals surface area contributed by atoms with E-state index in [1.54, 1.807) is 0 Å². The second-order valence-corrected chi connectivity index (χ2v) is 5.60. The molecule has 60 valence electrons. The van der Waals surface area contributed by atoms with E-state index in [-0.39, 0.29) is 18.9 Å². The standard InChI is InChI=1S/C5H9F3OSi/c1-10(8)4-2-3-5(6,7)9-10/h2-4H2,1H3. The van der Waals surface area contributed by atoms with Gasteiger partial charge in [0.25, 0.3) is 0 Å². The van der Waals surface area contributed by atoms with E-state index in [1.807, 2.05) is 0 Å². The van der Waals surface area contributed by atoms with Gasteiger partial charge < -0.3 is 4.43 Å². The van der Waals surface area contributed by atoms with E-state index in [9.17, 15) is 12.9 Å². The Bertz CT molecular complexity index is 123. The molecule has 0 radical (unpaired) electrons. The van der Waals surface area contributed by atoms with Crippen LogP contribution in [0.2, 0.25) is 12.6 Å². The summed E-state index contributed by atoms with van der Waals surface area (Å²) in [6, 6.07) is 0.197. The maximum absolute atomic E-state index is 12.8. The largest absolute Gasteiger partial charge is 0.384 e. The number of rotatable bonds is 0. The van der Waals surface area contributed by atoms with Crippen molar-refractivity contribution in [2.45, 2.75) is 31.5 Å². The Labute approximate surface area is 58.5 Å². The molecule has 0 aromatic rings. The van der Waals surface area contributed by atoms with Gasteiger partial charge in [-0.25, -0.2) is 0 Å². The van der Waals surface area contributed by atoms with Crippen molar-refractivity contribution < 1.29 is 17.3 Å². The molecule has 0 amide bonds. The van der Waals surface area contributed by atoms with Crippen LogP contribution in [0.25, 0.3) is 0 Å². The van der Waals surface area contributed by atoms with Gasteiger partial charge in [-0.05, 0) is 19.0 Å². The molecule has 1 aliphatic rings. The van der Waals surface area contributed by atoms with Gasteiger partial charge in [0.05, 0.1) is 0 Å². The van der Waals surface area contributed by atoms with Crippen LogP contribution in [0.5, 0.6) is 0 Å². The third-order valence-corrected chi connectivity index (χ3v) is 3.42. The molecule has 0 aromatic carbocycles.